The molecule has 1 fully saturated rings. The first kappa shape index (κ1) is 35.8. The Hall–Kier alpha value is -2.71. The smallest absolute Gasteiger partial charge is 0.338 e. The summed E-state index contributed by atoms with van der Waals surface area (Å²) in [6.07, 6.45) is 9.89. The molecule has 0 aliphatic carbocycles. The van der Waals surface area contributed by atoms with Crippen LogP contribution in [0.15, 0.2) is 54.6 Å². The van der Waals surface area contributed by atoms with Crippen molar-refractivity contribution >= 4 is 20.1 Å². The van der Waals surface area contributed by atoms with E-state index in [0.717, 1.165) is 40.5 Å². The van der Waals surface area contributed by atoms with E-state index in [2.05, 4.69) is 64.7 Å². The van der Waals surface area contributed by atoms with Crippen molar-refractivity contribution in [1.29, 1.82) is 0 Å². The summed E-state index contributed by atoms with van der Waals surface area (Å²) in [7, 11) is 0.378. The summed E-state index contributed by atoms with van der Waals surface area (Å²) in [6.45, 7) is 20.1. The summed E-state index contributed by atoms with van der Waals surface area (Å²) >= 11 is 0. The monoisotopic (exact) mass is 622 g/mol. The second kappa shape index (κ2) is 16.0. The van der Waals surface area contributed by atoms with Crippen LogP contribution in [-0.4, -0.2) is 51.9 Å². The number of carbonyl (C=O) groups excluding carboxylic acids is 1. The lowest BCUT2D eigenvalue weighted by Crippen LogP contribution is -2.28. The number of esters is 1. The second-order valence-corrected chi connectivity index (χ2v) is 19.4. The number of aryl methyl sites for hydroxylation is 2. The molecule has 0 bridgehead atoms. The fraction of sp³-hybridized carbons (Fsp3) is 0.541. The van der Waals surface area contributed by atoms with Gasteiger partial charge in [-0.1, -0.05) is 80.7 Å². The van der Waals surface area contributed by atoms with Crippen LogP contribution < -0.4 is 4.74 Å². The average Bonchev–Trinajstić information content (AvgIpc) is 3.25. The molecule has 0 radical (unpaired) electrons. The van der Waals surface area contributed by atoms with Crippen molar-refractivity contribution in [1.82, 2.24) is 0 Å². The van der Waals surface area contributed by atoms with E-state index < -0.39 is 13.9 Å². The molecule has 1 aliphatic rings. The predicted octanol–water partition coefficient (Wildman–Crippen LogP) is 8.92. The Labute approximate surface area is 266 Å². The van der Waals surface area contributed by atoms with Crippen molar-refractivity contribution in [3.8, 4) is 5.75 Å². The summed E-state index contributed by atoms with van der Waals surface area (Å²) in [5.41, 5.74) is 4.69. The second-order valence-electron chi connectivity index (χ2n) is 13.8. The topological polar surface area (TPSA) is 63.2 Å². The van der Waals surface area contributed by atoms with Crippen LogP contribution >= 0.6 is 0 Å². The Morgan fingerprint density at radius 3 is 2.41 bits per heavy atom. The van der Waals surface area contributed by atoms with Gasteiger partial charge in [-0.15, -0.1) is 0 Å². The van der Waals surface area contributed by atoms with Crippen LogP contribution in [0.4, 0.5) is 0 Å². The van der Waals surface area contributed by atoms with Crippen molar-refractivity contribution in [3.05, 3.63) is 82.4 Å². The van der Waals surface area contributed by atoms with Gasteiger partial charge in [0.15, 0.2) is 5.79 Å². The zero-order chi connectivity index (χ0) is 32.5. The van der Waals surface area contributed by atoms with Crippen molar-refractivity contribution in [3.63, 3.8) is 0 Å². The lowest BCUT2D eigenvalue weighted by molar-refractivity contribution is -0.148. The molecule has 2 aromatic carbocycles. The van der Waals surface area contributed by atoms with E-state index in [1.807, 2.05) is 57.2 Å². The highest BCUT2D eigenvalue weighted by Gasteiger charge is 2.42. The van der Waals surface area contributed by atoms with E-state index in [4.69, 9.17) is 23.7 Å². The minimum atomic E-state index is -1.29. The molecule has 0 spiro atoms. The number of benzene rings is 2. The maximum absolute atomic E-state index is 13.1. The lowest BCUT2D eigenvalue weighted by Gasteiger charge is -2.21. The highest BCUT2D eigenvalue weighted by atomic mass is 28.3. The predicted molar refractivity (Wildman–Crippen MR) is 182 cm³/mol. The van der Waals surface area contributed by atoms with Crippen LogP contribution in [0.25, 0.3) is 6.08 Å². The SMILES string of the molecule is COc1ccc(CO[C@H](C)C/C=C\C(C)C2OC(C)(C)OC2C/C=C/c2cc(C)cc(C)c2C(=O)OCC[Si](C)(C)C)cc1. The van der Waals surface area contributed by atoms with Gasteiger partial charge in [-0.25, -0.2) is 4.79 Å². The van der Waals surface area contributed by atoms with Gasteiger partial charge in [0.05, 0.1) is 44.2 Å². The van der Waals surface area contributed by atoms with E-state index in [0.29, 0.717) is 25.2 Å². The summed E-state index contributed by atoms with van der Waals surface area (Å²) in [5.74, 6) is 0.0882. The van der Waals surface area contributed by atoms with Gasteiger partial charge >= 0.3 is 5.97 Å². The van der Waals surface area contributed by atoms with Crippen molar-refractivity contribution in [2.75, 3.05) is 13.7 Å². The molecule has 44 heavy (non-hydrogen) atoms. The van der Waals surface area contributed by atoms with Crippen molar-refractivity contribution in [2.24, 2.45) is 5.92 Å². The highest BCUT2D eigenvalue weighted by molar-refractivity contribution is 6.76. The van der Waals surface area contributed by atoms with Gasteiger partial charge in [-0.3, -0.25) is 0 Å². The van der Waals surface area contributed by atoms with Crippen LogP contribution in [0, 0.1) is 19.8 Å². The summed E-state index contributed by atoms with van der Waals surface area (Å²) in [4.78, 5) is 13.1. The average molecular weight is 623 g/mol. The van der Waals surface area contributed by atoms with Crippen molar-refractivity contribution < 1.29 is 28.5 Å². The number of hydrogen-bond acceptors (Lipinski definition) is 6. The molecule has 3 rings (SSSR count). The third-order valence-corrected chi connectivity index (χ3v) is 9.51. The van der Waals surface area contributed by atoms with Crippen LogP contribution in [0.2, 0.25) is 25.7 Å². The van der Waals surface area contributed by atoms with Gasteiger partial charge in [0, 0.05) is 14.0 Å². The Kier molecular flexibility index (Phi) is 13.0. The molecule has 7 heteroatoms. The van der Waals surface area contributed by atoms with Gasteiger partial charge in [0.2, 0.25) is 0 Å². The van der Waals surface area contributed by atoms with E-state index in [-0.39, 0.29) is 30.2 Å². The van der Waals surface area contributed by atoms with Gasteiger partial charge in [0.1, 0.15) is 5.75 Å². The Balaban J connectivity index is 1.60. The Morgan fingerprint density at radius 1 is 1.05 bits per heavy atom. The highest BCUT2D eigenvalue weighted by Crippen LogP contribution is 2.35. The number of methoxy groups -OCH3 is 1. The minimum Gasteiger partial charge on any atom is -0.497 e. The van der Waals surface area contributed by atoms with Crippen LogP contribution in [-0.2, 0) is 25.6 Å². The van der Waals surface area contributed by atoms with Crippen LogP contribution in [0.3, 0.4) is 0 Å². The largest absolute Gasteiger partial charge is 0.497 e. The van der Waals surface area contributed by atoms with E-state index >= 15 is 0 Å². The van der Waals surface area contributed by atoms with Crippen molar-refractivity contribution in [2.45, 2.75) is 111 Å². The van der Waals surface area contributed by atoms with E-state index in [9.17, 15) is 4.79 Å². The molecular formula is C37H54O6Si. The zero-order valence-electron chi connectivity index (χ0n) is 28.6. The number of rotatable bonds is 15. The first-order valence-electron chi connectivity index (χ1n) is 15.9. The first-order chi connectivity index (χ1) is 20.7. The normalized spacial score (nSPS) is 19.9. The maximum atomic E-state index is 13.1. The molecule has 0 saturated carbocycles. The lowest BCUT2D eigenvalue weighted by atomic mass is 9.95. The molecule has 1 aliphatic heterocycles. The molecule has 0 amide bonds. The molecule has 3 unspecified atom stereocenters. The Bertz CT molecular complexity index is 1270. The fourth-order valence-electron chi connectivity index (χ4n) is 5.38. The maximum Gasteiger partial charge on any atom is 0.338 e. The number of carbonyl (C=O) groups is 1. The minimum absolute atomic E-state index is 0.0886. The third kappa shape index (κ3) is 11.3. The third-order valence-electron chi connectivity index (χ3n) is 7.81. The van der Waals surface area contributed by atoms with Gasteiger partial charge in [-0.2, -0.15) is 0 Å². The summed E-state index contributed by atoms with van der Waals surface area (Å²) in [5, 5.41) is 0. The molecule has 2 aromatic rings. The van der Waals surface area contributed by atoms with E-state index in [1.165, 1.54) is 0 Å². The zero-order valence-corrected chi connectivity index (χ0v) is 29.6. The molecule has 242 valence electrons. The summed E-state index contributed by atoms with van der Waals surface area (Å²) < 4.78 is 29.7. The Morgan fingerprint density at radius 2 is 1.75 bits per heavy atom. The number of ether oxygens (including phenoxy) is 5. The number of hydrogen-bond donors (Lipinski definition) is 0. The molecule has 0 N–H and O–H groups in total. The summed E-state index contributed by atoms with van der Waals surface area (Å²) in [6, 6.07) is 13.0. The van der Waals surface area contributed by atoms with Crippen LogP contribution in [0.5, 0.6) is 5.75 Å². The quantitative estimate of drug-likeness (QED) is 0.112. The molecule has 1 saturated heterocycles. The molecule has 6 nitrogen and oxygen atoms in total. The molecule has 1 heterocycles. The van der Waals surface area contributed by atoms with Gasteiger partial charge < -0.3 is 23.7 Å². The molecular weight excluding hydrogens is 568 g/mol. The molecule has 0 aromatic heterocycles. The van der Waals surface area contributed by atoms with Gasteiger partial charge in [0.25, 0.3) is 0 Å². The fourth-order valence-corrected chi connectivity index (χ4v) is 6.09. The standard InChI is InChI=1S/C37H54O6Si/c1-26-23-28(3)34(36(38)40-21-22-44(8,9)10)31(24-26)15-12-16-33-35(43-37(5,6)42-33)27(2)13-11-14-29(4)41-25-30-17-19-32(39-7)20-18-30/h11-13,15,17-20,23-24,27,29,33,35H,14,16,21-22,25H2,1-10H3/b13-11-,15-12+/t27?,29-,33?,35?/m1/s1. The van der Waals surface area contributed by atoms with Gasteiger partial charge in [-0.05, 0) is 82.3 Å². The van der Waals surface area contributed by atoms with Crippen LogP contribution in [0.1, 0.15) is 73.1 Å². The van der Waals surface area contributed by atoms with E-state index in [1.54, 1.807) is 7.11 Å². The first-order valence-corrected chi connectivity index (χ1v) is 19.6. The molecule has 4 atom stereocenters.